The Hall–Kier alpha value is -2.95. The van der Waals surface area contributed by atoms with Crippen molar-refractivity contribution in [2.24, 2.45) is 0 Å². The van der Waals surface area contributed by atoms with E-state index < -0.39 is 5.97 Å². The van der Waals surface area contributed by atoms with Gasteiger partial charge in [-0.3, -0.25) is 9.78 Å². The topological polar surface area (TPSA) is 76.2 Å². The van der Waals surface area contributed by atoms with E-state index in [1.54, 1.807) is 30.6 Å². The Bertz CT molecular complexity index is 774. The molecule has 0 saturated carbocycles. The number of nitrogens with zero attached hydrogens (tertiary/aromatic N) is 2. The van der Waals surface area contributed by atoms with Gasteiger partial charge in [0, 0.05) is 18.0 Å². The molecule has 0 atom stereocenters. The Morgan fingerprint density at radius 3 is 2.81 bits per heavy atom. The SMILES string of the molecule is O=C(O)CC(=Cc1cccnc1)c1nc2ccccc2o1. The zero-order valence-corrected chi connectivity index (χ0v) is 11.1. The molecule has 3 aromatic rings. The summed E-state index contributed by atoms with van der Waals surface area (Å²) in [5.74, 6) is -0.616. The molecule has 1 N–H and O–H groups in total. The van der Waals surface area contributed by atoms with Crippen LogP contribution < -0.4 is 0 Å². The summed E-state index contributed by atoms with van der Waals surface area (Å²) in [6.45, 7) is 0. The number of benzene rings is 1. The van der Waals surface area contributed by atoms with Gasteiger partial charge in [0.15, 0.2) is 5.58 Å². The second-order valence-corrected chi connectivity index (χ2v) is 4.51. The molecule has 2 aromatic heterocycles. The number of carboxylic acids is 1. The Kier molecular flexibility index (Phi) is 3.47. The molecule has 0 unspecified atom stereocenters. The molecule has 0 saturated heterocycles. The molecule has 0 aliphatic carbocycles. The molecule has 0 radical (unpaired) electrons. The molecular formula is C16H12N2O3. The van der Waals surface area contributed by atoms with Crippen molar-refractivity contribution >= 4 is 28.7 Å². The first-order valence-electron chi connectivity index (χ1n) is 6.41. The van der Waals surface area contributed by atoms with Crippen molar-refractivity contribution in [1.82, 2.24) is 9.97 Å². The first kappa shape index (κ1) is 13.1. The van der Waals surface area contributed by atoms with E-state index in [-0.39, 0.29) is 6.42 Å². The summed E-state index contributed by atoms with van der Waals surface area (Å²) >= 11 is 0. The molecule has 5 heteroatoms. The highest BCUT2D eigenvalue weighted by atomic mass is 16.4. The molecule has 3 rings (SSSR count). The van der Waals surface area contributed by atoms with E-state index in [0.29, 0.717) is 22.6 Å². The number of oxazole rings is 1. The summed E-state index contributed by atoms with van der Waals surface area (Å²) in [4.78, 5) is 19.4. The first-order valence-corrected chi connectivity index (χ1v) is 6.41. The summed E-state index contributed by atoms with van der Waals surface area (Å²) in [5.41, 5.74) is 2.65. The van der Waals surface area contributed by atoms with Crippen molar-refractivity contribution in [2.75, 3.05) is 0 Å². The average molecular weight is 280 g/mol. The summed E-state index contributed by atoms with van der Waals surface area (Å²) < 4.78 is 5.64. The van der Waals surface area contributed by atoms with E-state index in [0.717, 1.165) is 5.56 Å². The lowest BCUT2D eigenvalue weighted by Gasteiger charge is -2.00. The fourth-order valence-corrected chi connectivity index (χ4v) is 2.02. The van der Waals surface area contributed by atoms with Crippen molar-refractivity contribution < 1.29 is 14.3 Å². The molecule has 2 heterocycles. The van der Waals surface area contributed by atoms with Gasteiger partial charge in [0.1, 0.15) is 5.52 Å². The number of rotatable bonds is 4. The number of hydrogen-bond acceptors (Lipinski definition) is 4. The average Bonchev–Trinajstić information content (AvgIpc) is 2.91. The number of carbonyl (C=O) groups is 1. The number of carboxylic acid groups (broad SMARTS) is 1. The molecular weight excluding hydrogens is 268 g/mol. The lowest BCUT2D eigenvalue weighted by atomic mass is 10.1. The maximum atomic E-state index is 11.1. The van der Waals surface area contributed by atoms with E-state index in [1.807, 2.05) is 24.3 Å². The van der Waals surface area contributed by atoms with Crippen LogP contribution in [0.15, 0.2) is 53.2 Å². The molecule has 0 spiro atoms. The number of aromatic nitrogens is 2. The number of hydrogen-bond donors (Lipinski definition) is 1. The van der Waals surface area contributed by atoms with Crippen molar-refractivity contribution in [3.63, 3.8) is 0 Å². The quantitative estimate of drug-likeness (QED) is 0.794. The molecule has 0 fully saturated rings. The van der Waals surface area contributed by atoms with Gasteiger partial charge < -0.3 is 9.52 Å². The second kappa shape index (κ2) is 5.58. The minimum Gasteiger partial charge on any atom is -0.481 e. The molecule has 0 bridgehead atoms. The van der Waals surface area contributed by atoms with E-state index in [9.17, 15) is 4.79 Å². The monoisotopic (exact) mass is 280 g/mol. The summed E-state index contributed by atoms with van der Waals surface area (Å²) in [5, 5.41) is 9.07. The number of aliphatic carboxylic acids is 1. The molecule has 0 aliphatic rings. The molecule has 5 nitrogen and oxygen atoms in total. The summed E-state index contributed by atoms with van der Waals surface area (Å²) in [7, 11) is 0. The van der Waals surface area contributed by atoms with Gasteiger partial charge in [0.2, 0.25) is 5.89 Å². The van der Waals surface area contributed by atoms with Gasteiger partial charge in [0.05, 0.1) is 6.42 Å². The zero-order chi connectivity index (χ0) is 14.7. The highest BCUT2D eigenvalue weighted by molar-refractivity contribution is 5.90. The summed E-state index contributed by atoms with van der Waals surface area (Å²) in [6.07, 6.45) is 4.88. The highest BCUT2D eigenvalue weighted by Crippen LogP contribution is 2.25. The fourth-order valence-electron chi connectivity index (χ4n) is 2.02. The molecule has 0 amide bonds. The third kappa shape index (κ3) is 2.97. The van der Waals surface area contributed by atoms with Crippen LogP contribution in [-0.2, 0) is 4.79 Å². The zero-order valence-electron chi connectivity index (χ0n) is 11.1. The van der Waals surface area contributed by atoms with Crippen LogP contribution in [0.2, 0.25) is 0 Å². The minimum absolute atomic E-state index is 0.165. The molecule has 0 aliphatic heterocycles. The fraction of sp³-hybridized carbons (Fsp3) is 0.0625. The predicted molar refractivity (Wildman–Crippen MR) is 78.4 cm³/mol. The van der Waals surface area contributed by atoms with E-state index in [2.05, 4.69) is 9.97 Å². The Morgan fingerprint density at radius 1 is 1.24 bits per heavy atom. The normalized spacial score (nSPS) is 11.7. The van der Waals surface area contributed by atoms with Crippen LogP contribution in [0.1, 0.15) is 17.9 Å². The van der Waals surface area contributed by atoms with Crippen LogP contribution >= 0.6 is 0 Å². The van der Waals surface area contributed by atoms with Crippen LogP contribution in [0.25, 0.3) is 22.7 Å². The Morgan fingerprint density at radius 2 is 2.10 bits per heavy atom. The number of para-hydroxylation sites is 2. The third-order valence-corrected chi connectivity index (χ3v) is 2.94. The Balaban J connectivity index is 2.06. The van der Waals surface area contributed by atoms with Crippen LogP contribution in [0.4, 0.5) is 0 Å². The number of fused-ring (bicyclic) bond motifs is 1. The van der Waals surface area contributed by atoms with Gasteiger partial charge in [-0.1, -0.05) is 18.2 Å². The smallest absolute Gasteiger partial charge is 0.308 e. The van der Waals surface area contributed by atoms with Crippen LogP contribution in [0.3, 0.4) is 0 Å². The number of pyridine rings is 1. The van der Waals surface area contributed by atoms with Crippen LogP contribution in [0, 0.1) is 0 Å². The molecule has 21 heavy (non-hydrogen) atoms. The summed E-state index contributed by atoms with van der Waals surface area (Å²) in [6, 6.07) is 11.0. The van der Waals surface area contributed by atoms with Crippen molar-refractivity contribution in [3.8, 4) is 0 Å². The van der Waals surface area contributed by atoms with Crippen LogP contribution in [-0.4, -0.2) is 21.0 Å². The maximum absolute atomic E-state index is 11.1. The van der Waals surface area contributed by atoms with Gasteiger partial charge in [-0.25, -0.2) is 4.98 Å². The van der Waals surface area contributed by atoms with Gasteiger partial charge in [0.25, 0.3) is 0 Å². The molecule has 1 aromatic carbocycles. The van der Waals surface area contributed by atoms with E-state index in [4.69, 9.17) is 9.52 Å². The van der Waals surface area contributed by atoms with E-state index in [1.165, 1.54) is 0 Å². The molecule has 104 valence electrons. The lowest BCUT2D eigenvalue weighted by molar-refractivity contribution is -0.135. The van der Waals surface area contributed by atoms with Gasteiger partial charge in [-0.15, -0.1) is 0 Å². The third-order valence-electron chi connectivity index (χ3n) is 2.94. The largest absolute Gasteiger partial charge is 0.481 e. The standard InChI is InChI=1S/C16H12N2O3/c19-15(20)9-12(8-11-4-3-7-17-10-11)16-18-13-5-1-2-6-14(13)21-16/h1-8,10H,9H2,(H,19,20). The van der Waals surface area contributed by atoms with E-state index >= 15 is 0 Å². The second-order valence-electron chi connectivity index (χ2n) is 4.51. The van der Waals surface area contributed by atoms with Crippen molar-refractivity contribution in [2.45, 2.75) is 6.42 Å². The lowest BCUT2D eigenvalue weighted by Crippen LogP contribution is -1.97. The predicted octanol–water partition coefficient (Wildman–Crippen LogP) is 3.24. The van der Waals surface area contributed by atoms with Gasteiger partial charge in [-0.05, 0) is 29.8 Å². The first-order chi connectivity index (χ1) is 10.2. The van der Waals surface area contributed by atoms with Gasteiger partial charge >= 0.3 is 5.97 Å². The highest BCUT2D eigenvalue weighted by Gasteiger charge is 2.14. The van der Waals surface area contributed by atoms with Crippen LogP contribution in [0.5, 0.6) is 0 Å². The van der Waals surface area contributed by atoms with Gasteiger partial charge in [-0.2, -0.15) is 0 Å². The van der Waals surface area contributed by atoms with Crippen molar-refractivity contribution in [1.29, 1.82) is 0 Å². The Labute approximate surface area is 120 Å². The maximum Gasteiger partial charge on any atom is 0.308 e. The van der Waals surface area contributed by atoms with Crippen molar-refractivity contribution in [3.05, 3.63) is 60.2 Å². The minimum atomic E-state index is -0.938.